The smallest absolute Gasteiger partial charge is 0.252 e. The predicted octanol–water partition coefficient (Wildman–Crippen LogP) is 2.33. The standard InChI is InChI=1S/C20H23FN8O/c21-14-10-13(18(23)30)19(28-20(14)27-16-5-2-1-4-15(16)22)26-12-6-7-17(24-11-12)29-9-3-8-25-29/h3,6-11,15-16H,1-2,4-5,22H2,(H2,23,30)(H2,26,27,28)/t15-,16?/m0/s1. The highest BCUT2D eigenvalue weighted by atomic mass is 19.1. The number of carbonyl (C=O) groups is 1. The van der Waals surface area contributed by atoms with Crippen molar-refractivity contribution in [3.63, 3.8) is 0 Å². The molecule has 9 nitrogen and oxygen atoms in total. The first kappa shape index (κ1) is 19.8. The number of hydrogen-bond donors (Lipinski definition) is 4. The van der Waals surface area contributed by atoms with Crippen molar-refractivity contribution in [2.24, 2.45) is 11.5 Å². The molecular formula is C20H23FN8O. The van der Waals surface area contributed by atoms with Crippen molar-refractivity contribution in [2.75, 3.05) is 10.6 Å². The van der Waals surface area contributed by atoms with Gasteiger partial charge in [-0.25, -0.2) is 19.0 Å². The number of pyridine rings is 2. The molecule has 4 rings (SSSR count). The zero-order chi connectivity index (χ0) is 21.1. The van der Waals surface area contributed by atoms with E-state index in [1.807, 2.05) is 0 Å². The van der Waals surface area contributed by atoms with Crippen molar-refractivity contribution >= 4 is 23.2 Å². The fourth-order valence-electron chi connectivity index (χ4n) is 3.52. The fraction of sp³-hybridized carbons (Fsp3) is 0.300. The second-order valence-electron chi connectivity index (χ2n) is 7.26. The third kappa shape index (κ3) is 4.23. The van der Waals surface area contributed by atoms with Crippen LogP contribution in [0.5, 0.6) is 0 Å². The first-order valence-electron chi connectivity index (χ1n) is 9.77. The van der Waals surface area contributed by atoms with Gasteiger partial charge in [-0.15, -0.1) is 0 Å². The van der Waals surface area contributed by atoms with E-state index in [0.29, 0.717) is 11.5 Å². The lowest BCUT2D eigenvalue weighted by Gasteiger charge is -2.30. The molecule has 3 aromatic heterocycles. The topological polar surface area (TPSA) is 137 Å². The third-order valence-electron chi connectivity index (χ3n) is 5.13. The van der Waals surface area contributed by atoms with Gasteiger partial charge in [-0.2, -0.15) is 5.10 Å². The van der Waals surface area contributed by atoms with Gasteiger partial charge >= 0.3 is 0 Å². The van der Waals surface area contributed by atoms with E-state index < -0.39 is 11.7 Å². The molecule has 0 saturated heterocycles. The van der Waals surface area contributed by atoms with E-state index in [4.69, 9.17) is 11.5 Å². The average molecular weight is 410 g/mol. The van der Waals surface area contributed by atoms with Crippen molar-refractivity contribution in [3.05, 3.63) is 54.2 Å². The number of hydrogen-bond acceptors (Lipinski definition) is 7. The molecule has 10 heteroatoms. The van der Waals surface area contributed by atoms with Gasteiger partial charge in [0.1, 0.15) is 5.82 Å². The first-order valence-corrected chi connectivity index (χ1v) is 9.77. The quantitative estimate of drug-likeness (QED) is 0.489. The Bertz CT molecular complexity index is 1020. The number of rotatable bonds is 6. The van der Waals surface area contributed by atoms with E-state index in [1.54, 1.807) is 41.5 Å². The van der Waals surface area contributed by atoms with Gasteiger partial charge in [-0.05, 0) is 37.1 Å². The van der Waals surface area contributed by atoms with Gasteiger partial charge in [0, 0.05) is 24.5 Å². The maximum Gasteiger partial charge on any atom is 0.252 e. The minimum absolute atomic E-state index is 0.0333. The number of aromatic nitrogens is 4. The Hall–Kier alpha value is -3.53. The Labute approximate surface area is 172 Å². The van der Waals surface area contributed by atoms with Gasteiger partial charge in [0.2, 0.25) is 0 Å². The maximum atomic E-state index is 14.6. The number of amides is 1. The number of primary amides is 1. The normalized spacial score (nSPS) is 18.7. The summed E-state index contributed by atoms with van der Waals surface area (Å²) in [7, 11) is 0. The molecule has 1 aliphatic rings. The summed E-state index contributed by atoms with van der Waals surface area (Å²) < 4.78 is 16.2. The van der Waals surface area contributed by atoms with Crippen LogP contribution in [0.1, 0.15) is 36.0 Å². The molecule has 6 N–H and O–H groups in total. The van der Waals surface area contributed by atoms with Crippen LogP contribution in [0.3, 0.4) is 0 Å². The van der Waals surface area contributed by atoms with Crippen LogP contribution < -0.4 is 22.1 Å². The van der Waals surface area contributed by atoms with Crippen LogP contribution in [0, 0.1) is 5.82 Å². The Balaban J connectivity index is 1.60. The van der Waals surface area contributed by atoms with Crippen molar-refractivity contribution in [2.45, 2.75) is 37.8 Å². The van der Waals surface area contributed by atoms with Crippen molar-refractivity contribution < 1.29 is 9.18 Å². The highest BCUT2D eigenvalue weighted by Gasteiger charge is 2.24. The minimum atomic E-state index is -0.786. The van der Waals surface area contributed by atoms with E-state index in [2.05, 4.69) is 25.7 Å². The minimum Gasteiger partial charge on any atom is -0.365 e. The Morgan fingerprint density at radius 1 is 1.23 bits per heavy atom. The summed E-state index contributed by atoms with van der Waals surface area (Å²) in [5.74, 6) is -0.637. The molecule has 156 valence electrons. The molecule has 30 heavy (non-hydrogen) atoms. The molecule has 0 aromatic carbocycles. The van der Waals surface area contributed by atoms with Gasteiger partial charge in [-0.1, -0.05) is 12.8 Å². The van der Waals surface area contributed by atoms with Crippen LogP contribution in [0.2, 0.25) is 0 Å². The molecular weight excluding hydrogens is 387 g/mol. The molecule has 2 atom stereocenters. The lowest BCUT2D eigenvalue weighted by Crippen LogP contribution is -2.43. The second kappa shape index (κ2) is 8.46. The second-order valence-corrected chi connectivity index (χ2v) is 7.26. The average Bonchev–Trinajstić information content (AvgIpc) is 3.27. The van der Waals surface area contributed by atoms with E-state index in [-0.39, 0.29) is 29.3 Å². The van der Waals surface area contributed by atoms with Crippen LogP contribution >= 0.6 is 0 Å². The molecule has 1 saturated carbocycles. The zero-order valence-electron chi connectivity index (χ0n) is 16.3. The van der Waals surface area contributed by atoms with E-state index >= 15 is 0 Å². The molecule has 3 heterocycles. The number of carbonyl (C=O) groups excluding carboxylic acids is 1. The van der Waals surface area contributed by atoms with E-state index in [1.165, 1.54) is 0 Å². The highest BCUT2D eigenvalue weighted by molar-refractivity contribution is 5.98. The van der Waals surface area contributed by atoms with Crippen LogP contribution in [0.25, 0.3) is 5.82 Å². The Morgan fingerprint density at radius 3 is 2.73 bits per heavy atom. The monoisotopic (exact) mass is 410 g/mol. The largest absolute Gasteiger partial charge is 0.365 e. The Kier molecular flexibility index (Phi) is 5.57. The fourth-order valence-corrected chi connectivity index (χ4v) is 3.52. The van der Waals surface area contributed by atoms with Crippen LogP contribution in [-0.4, -0.2) is 37.7 Å². The molecule has 1 unspecified atom stereocenters. The van der Waals surface area contributed by atoms with E-state index in [0.717, 1.165) is 31.7 Å². The molecule has 1 fully saturated rings. The summed E-state index contributed by atoms with van der Waals surface area (Å²) in [6, 6.07) is 6.23. The number of nitrogens with zero attached hydrogens (tertiary/aromatic N) is 4. The van der Waals surface area contributed by atoms with E-state index in [9.17, 15) is 9.18 Å². The summed E-state index contributed by atoms with van der Waals surface area (Å²) in [6.07, 6.45) is 8.78. The number of halogens is 1. The Morgan fingerprint density at radius 2 is 2.07 bits per heavy atom. The zero-order valence-corrected chi connectivity index (χ0v) is 16.3. The molecule has 1 aliphatic carbocycles. The highest BCUT2D eigenvalue weighted by Crippen LogP contribution is 2.26. The molecule has 0 radical (unpaired) electrons. The number of anilines is 3. The summed E-state index contributed by atoms with van der Waals surface area (Å²) in [6.45, 7) is 0. The van der Waals surface area contributed by atoms with Gasteiger partial charge in [0.25, 0.3) is 5.91 Å². The molecule has 3 aromatic rings. The number of nitrogens with two attached hydrogens (primary N) is 2. The van der Waals surface area contributed by atoms with Crippen molar-refractivity contribution in [1.82, 2.24) is 19.7 Å². The van der Waals surface area contributed by atoms with Crippen molar-refractivity contribution in [1.29, 1.82) is 0 Å². The molecule has 0 spiro atoms. The van der Waals surface area contributed by atoms with Gasteiger partial charge < -0.3 is 22.1 Å². The third-order valence-corrected chi connectivity index (χ3v) is 5.13. The SMILES string of the molecule is NC(=O)c1cc(F)c(NC2CCCC[C@@H]2N)nc1Nc1ccc(-n2cccn2)nc1. The summed E-state index contributed by atoms with van der Waals surface area (Å²) in [5.41, 5.74) is 12.1. The summed E-state index contributed by atoms with van der Waals surface area (Å²) >= 11 is 0. The molecule has 0 bridgehead atoms. The molecule has 1 amide bonds. The van der Waals surface area contributed by atoms with Crippen LogP contribution in [-0.2, 0) is 0 Å². The first-order chi connectivity index (χ1) is 14.5. The maximum absolute atomic E-state index is 14.6. The van der Waals surface area contributed by atoms with Crippen LogP contribution in [0.4, 0.5) is 21.7 Å². The lowest BCUT2D eigenvalue weighted by atomic mass is 9.91. The summed E-state index contributed by atoms with van der Waals surface area (Å²) in [5, 5.41) is 10.2. The van der Waals surface area contributed by atoms with Gasteiger partial charge in [-0.3, -0.25) is 4.79 Å². The predicted molar refractivity (Wildman–Crippen MR) is 111 cm³/mol. The van der Waals surface area contributed by atoms with Crippen molar-refractivity contribution in [3.8, 4) is 5.82 Å². The van der Waals surface area contributed by atoms with Gasteiger partial charge in [0.05, 0.1) is 17.4 Å². The molecule has 0 aliphatic heterocycles. The summed E-state index contributed by atoms with van der Waals surface area (Å²) in [4.78, 5) is 20.4. The lowest BCUT2D eigenvalue weighted by molar-refractivity contribution is 0.100. The van der Waals surface area contributed by atoms with Crippen LogP contribution in [0.15, 0.2) is 42.9 Å². The number of nitrogens with one attached hydrogen (secondary N) is 2. The van der Waals surface area contributed by atoms with Gasteiger partial charge in [0.15, 0.2) is 17.5 Å².